The Kier molecular flexibility index (Phi) is 8.43. The molecule has 1 fully saturated rings. The number of aryl methyl sites for hydroxylation is 1. The third kappa shape index (κ3) is 6.08. The summed E-state index contributed by atoms with van der Waals surface area (Å²) >= 11 is 0. The van der Waals surface area contributed by atoms with E-state index in [1.807, 2.05) is 81.9 Å². The Hall–Kier alpha value is -5.45. The number of H-pyrrole nitrogens is 1. The number of nitrogens with zero attached hydrogens (tertiary/aromatic N) is 5. The van der Waals surface area contributed by atoms with Crippen LogP contribution in [0.3, 0.4) is 0 Å². The molecule has 3 heterocycles. The van der Waals surface area contributed by atoms with E-state index in [2.05, 4.69) is 27.1 Å². The molecule has 0 radical (unpaired) electrons. The molecule has 1 saturated carbocycles. The molecule has 240 valence electrons. The summed E-state index contributed by atoms with van der Waals surface area (Å²) in [6, 6.07) is 23.5. The standard InChI is InChI=1S/C36H36N6O5/c1-3-6-32-31(21-23-9-11-24(12-10-23)29-7-4-5-8-30(29)33-39-36(44)47-40-33)34(43)41(35-37-22-38-42(32)35)25-13-15-27(16-14-25)46-28-19-17-26(45-2)18-20-28/h4-5,7-12,17-20,22,25,27H,3,6,13-16,21H2,1-2H3,(H,39,40,44)/t25-,27+. The molecular formula is C36H36N6O5. The van der Waals surface area contributed by atoms with Crippen LogP contribution in [0.25, 0.3) is 28.3 Å². The zero-order chi connectivity index (χ0) is 32.3. The highest BCUT2D eigenvalue weighted by atomic mass is 16.5. The zero-order valence-electron chi connectivity index (χ0n) is 26.4. The van der Waals surface area contributed by atoms with Crippen LogP contribution in [-0.2, 0) is 12.8 Å². The SMILES string of the molecule is CCCc1c(Cc2ccc(-c3ccccc3-c3noc(=O)[nH]3)cc2)c(=O)n([C@H]2CC[C@@H](Oc3ccc(OC)cc3)CC2)c2ncnn12. The molecule has 0 unspecified atom stereocenters. The second-order valence-electron chi connectivity index (χ2n) is 11.9. The van der Waals surface area contributed by atoms with Crippen LogP contribution in [0, 0.1) is 0 Å². The Balaban J connectivity index is 1.16. The van der Waals surface area contributed by atoms with Crippen molar-refractivity contribution < 1.29 is 14.0 Å². The Morgan fingerprint density at radius 1 is 0.915 bits per heavy atom. The summed E-state index contributed by atoms with van der Waals surface area (Å²) in [6.07, 6.45) is 6.97. The summed E-state index contributed by atoms with van der Waals surface area (Å²) in [7, 11) is 1.65. The molecule has 3 aromatic heterocycles. The predicted octanol–water partition coefficient (Wildman–Crippen LogP) is 6.02. The molecule has 0 spiro atoms. The van der Waals surface area contributed by atoms with Gasteiger partial charge in [-0.05, 0) is 73.1 Å². The second-order valence-corrected chi connectivity index (χ2v) is 11.9. The van der Waals surface area contributed by atoms with Gasteiger partial charge >= 0.3 is 5.76 Å². The first-order valence-electron chi connectivity index (χ1n) is 16.0. The van der Waals surface area contributed by atoms with E-state index < -0.39 is 5.76 Å². The molecule has 47 heavy (non-hydrogen) atoms. The molecule has 11 nitrogen and oxygen atoms in total. The molecule has 1 N–H and O–H groups in total. The first kappa shape index (κ1) is 30.2. The Bertz CT molecular complexity index is 2100. The molecule has 6 aromatic rings. The molecule has 0 amide bonds. The van der Waals surface area contributed by atoms with Gasteiger partial charge in [0.2, 0.25) is 5.78 Å². The molecule has 1 aliphatic rings. The monoisotopic (exact) mass is 632 g/mol. The summed E-state index contributed by atoms with van der Waals surface area (Å²) in [5.41, 5.74) is 5.29. The van der Waals surface area contributed by atoms with E-state index in [4.69, 9.17) is 14.0 Å². The third-order valence-electron chi connectivity index (χ3n) is 8.95. The normalized spacial score (nSPS) is 16.4. The van der Waals surface area contributed by atoms with Gasteiger partial charge in [0, 0.05) is 23.6 Å². The van der Waals surface area contributed by atoms with Gasteiger partial charge in [-0.15, -0.1) is 0 Å². The highest BCUT2D eigenvalue weighted by Crippen LogP contribution is 2.33. The Morgan fingerprint density at radius 3 is 2.32 bits per heavy atom. The largest absolute Gasteiger partial charge is 0.497 e. The average Bonchev–Trinajstić information content (AvgIpc) is 3.77. The van der Waals surface area contributed by atoms with Gasteiger partial charge in [-0.3, -0.25) is 18.9 Å². The minimum absolute atomic E-state index is 0.00111. The van der Waals surface area contributed by atoms with Crippen molar-refractivity contribution in [2.75, 3.05) is 7.11 Å². The molecule has 0 bridgehead atoms. The van der Waals surface area contributed by atoms with Crippen LogP contribution in [0.15, 0.2) is 93.2 Å². The van der Waals surface area contributed by atoms with E-state index >= 15 is 0 Å². The van der Waals surface area contributed by atoms with Crippen LogP contribution in [0.4, 0.5) is 0 Å². The zero-order valence-corrected chi connectivity index (χ0v) is 26.4. The third-order valence-corrected chi connectivity index (χ3v) is 8.95. The highest BCUT2D eigenvalue weighted by Gasteiger charge is 2.28. The summed E-state index contributed by atoms with van der Waals surface area (Å²) in [4.78, 5) is 33.2. The summed E-state index contributed by atoms with van der Waals surface area (Å²) in [5, 5.41) is 8.46. The van der Waals surface area contributed by atoms with Gasteiger partial charge < -0.3 is 9.47 Å². The number of benzene rings is 3. The van der Waals surface area contributed by atoms with Gasteiger partial charge in [-0.25, -0.2) is 9.31 Å². The van der Waals surface area contributed by atoms with Crippen LogP contribution < -0.4 is 20.8 Å². The fourth-order valence-corrected chi connectivity index (χ4v) is 6.64. The lowest BCUT2D eigenvalue weighted by Gasteiger charge is -2.31. The van der Waals surface area contributed by atoms with Gasteiger partial charge in [0.1, 0.15) is 17.8 Å². The molecular weight excluding hydrogens is 596 g/mol. The topological polar surface area (TPSA) is 130 Å². The summed E-state index contributed by atoms with van der Waals surface area (Å²) in [5.74, 6) is 1.99. The van der Waals surface area contributed by atoms with Gasteiger partial charge in [-0.1, -0.05) is 67.0 Å². The van der Waals surface area contributed by atoms with Crippen LogP contribution in [0.5, 0.6) is 11.5 Å². The fraction of sp³-hybridized carbons (Fsp3) is 0.306. The number of aromatic nitrogens is 6. The lowest BCUT2D eigenvalue weighted by atomic mass is 9.92. The first-order valence-corrected chi connectivity index (χ1v) is 16.0. The van der Waals surface area contributed by atoms with Crippen molar-refractivity contribution in [2.45, 2.75) is 64.0 Å². The lowest BCUT2D eigenvalue weighted by molar-refractivity contribution is 0.132. The first-order chi connectivity index (χ1) is 23.0. The predicted molar refractivity (Wildman–Crippen MR) is 177 cm³/mol. The number of rotatable bonds is 10. The molecule has 1 aliphatic carbocycles. The quantitative estimate of drug-likeness (QED) is 0.194. The molecule has 7 rings (SSSR count). The minimum Gasteiger partial charge on any atom is -0.497 e. The number of methoxy groups -OCH3 is 1. The maximum absolute atomic E-state index is 14.4. The Morgan fingerprint density at radius 2 is 1.64 bits per heavy atom. The summed E-state index contributed by atoms with van der Waals surface area (Å²) < 4.78 is 20.0. The van der Waals surface area contributed by atoms with Crippen molar-refractivity contribution in [1.82, 2.24) is 29.3 Å². The van der Waals surface area contributed by atoms with Crippen LogP contribution in [0.2, 0.25) is 0 Å². The second kappa shape index (κ2) is 13.1. The van der Waals surface area contributed by atoms with Crippen LogP contribution in [0.1, 0.15) is 61.9 Å². The number of nitrogens with one attached hydrogen (secondary N) is 1. The maximum Gasteiger partial charge on any atom is 0.439 e. The van der Waals surface area contributed by atoms with Gasteiger partial charge in [0.25, 0.3) is 5.56 Å². The molecule has 0 aliphatic heterocycles. The van der Waals surface area contributed by atoms with E-state index in [-0.39, 0.29) is 17.7 Å². The van der Waals surface area contributed by atoms with Gasteiger partial charge in [0.15, 0.2) is 5.82 Å². The van der Waals surface area contributed by atoms with E-state index in [1.165, 1.54) is 0 Å². The lowest BCUT2D eigenvalue weighted by Crippen LogP contribution is -2.35. The number of hydrogen-bond acceptors (Lipinski definition) is 8. The van der Waals surface area contributed by atoms with Crippen molar-refractivity contribution in [1.29, 1.82) is 0 Å². The van der Waals surface area contributed by atoms with Crippen molar-refractivity contribution in [3.05, 3.63) is 117 Å². The summed E-state index contributed by atoms with van der Waals surface area (Å²) in [6.45, 7) is 2.11. The van der Waals surface area contributed by atoms with Gasteiger partial charge in [0.05, 0.1) is 18.9 Å². The van der Waals surface area contributed by atoms with Crippen molar-refractivity contribution in [2.24, 2.45) is 0 Å². The minimum atomic E-state index is -0.599. The smallest absolute Gasteiger partial charge is 0.439 e. The van der Waals surface area contributed by atoms with Crippen molar-refractivity contribution in [3.63, 3.8) is 0 Å². The van der Waals surface area contributed by atoms with E-state index in [0.29, 0.717) is 18.0 Å². The van der Waals surface area contributed by atoms with Crippen LogP contribution in [-0.4, -0.2) is 42.5 Å². The Labute approximate surface area is 270 Å². The van der Waals surface area contributed by atoms with E-state index in [1.54, 1.807) is 13.4 Å². The van der Waals surface area contributed by atoms with E-state index in [9.17, 15) is 9.59 Å². The molecule has 11 heteroatoms. The highest BCUT2D eigenvalue weighted by molar-refractivity contribution is 5.80. The van der Waals surface area contributed by atoms with Crippen LogP contribution >= 0.6 is 0 Å². The molecule has 0 atom stereocenters. The average molecular weight is 633 g/mol. The van der Waals surface area contributed by atoms with Crippen molar-refractivity contribution in [3.8, 4) is 34.0 Å². The molecule has 3 aromatic carbocycles. The van der Waals surface area contributed by atoms with Gasteiger partial charge in [-0.2, -0.15) is 10.1 Å². The maximum atomic E-state index is 14.4. The molecule has 0 saturated heterocycles. The number of ether oxygens (including phenoxy) is 2. The number of fused-ring (bicyclic) bond motifs is 1. The number of hydrogen-bond donors (Lipinski definition) is 1. The van der Waals surface area contributed by atoms with E-state index in [0.717, 1.165) is 83.5 Å². The number of aromatic amines is 1. The fourth-order valence-electron chi connectivity index (χ4n) is 6.64. The van der Waals surface area contributed by atoms with Crippen molar-refractivity contribution >= 4 is 5.78 Å².